The van der Waals surface area contributed by atoms with Crippen molar-refractivity contribution in [2.75, 3.05) is 6.61 Å². The lowest BCUT2D eigenvalue weighted by molar-refractivity contribution is 0.340. The van der Waals surface area contributed by atoms with Crippen LogP contribution in [0.3, 0.4) is 0 Å². The van der Waals surface area contributed by atoms with Crippen LogP contribution in [0.25, 0.3) is 22.0 Å². The van der Waals surface area contributed by atoms with Crippen molar-refractivity contribution in [3.05, 3.63) is 65.7 Å². The lowest BCUT2D eigenvalue weighted by Crippen LogP contribution is -1.96. The number of thiazole rings is 1. The van der Waals surface area contributed by atoms with E-state index in [1.807, 2.05) is 61.0 Å². The third-order valence-electron chi connectivity index (χ3n) is 4.18. The standard InChI is InChI=1S/C21H20N4OS2/c1-3-26-18-11-9-15(10-12-18)19-23-24-21(25(19)2)28-14-17-13-27-20(22-17)16-7-5-4-6-8-16/h4-13H,3,14H2,1-2H3. The highest BCUT2D eigenvalue weighted by Gasteiger charge is 2.13. The molecular formula is C21H20N4OS2. The van der Waals surface area contributed by atoms with E-state index >= 15 is 0 Å². The summed E-state index contributed by atoms with van der Waals surface area (Å²) in [7, 11) is 1.99. The van der Waals surface area contributed by atoms with E-state index in [1.54, 1.807) is 23.1 Å². The van der Waals surface area contributed by atoms with Crippen LogP contribution in [0, 0.1) is 0 Å². The van der Waals surface area contributed by atoms with E-state index in [4.69, 9.17) is 9.72 Å². The molecule has 7 heteroatoms. The van der Waals surface area contributed by atoms with Gasteiger partial charge in [-0.15, -0.1) is 21.5 Å². The summed E-state index contributed by atoms with van der Waals surface area (Å²) in [4.78, 5) is 4.74. The molecule has 0 saturated heterocycles. The van der Waals surface area contributed by atoms with Gasteiger partial charge in [0.15, 0.2) is 11.0 Å². The van der Waals surface area contributed by atoms with Crippen LogP contribution in [0.1, 0.15) is 12.6 Å². The second-order valence-electron chi connectivity index (χ2n) is 6.12. The first kappa shape index (κ1) is 18.7. The fourth-order valence-electron chi connectivity index (χ4n) is 2.78. The van der Waals surface area contributed by atoms with Crippen molar-refractivity contribution in [1.29, 1.82) is 0 Å². The van der Waals surface area contributed by atoms with E-state index in [0.717, 1.165) is 44.3 Å². The third-order valence-corrected chi connectivity index (χ3v) is 6.17. The Labute approximate surface area is 172 Å². The molecule has 0 aliphatic carbocycles. The van der Waals surface area contributed by atoms with Gasteiger partial charge < -0.3 is 9.30 Å². The van der Waals surface area contributed by atoms with Crippen LogP contribution < -0.4 is 4.74 Å². The minimum atomic E-state index is 0.659. The first-order valence-electron chi connectivity index (χ1n) is 9.00. The van der Waals surface area contributed by atoms with Crippen molar-refractivity contribution in [3.63, 3.8) is 0 Å². The molecule has 0 aliphatic rings. The molecule has 0 bridgehead atoms. The molecule has 142 valence electrons. The van der Waals surface area contributed by atoms with Gasteiger partial charge in [-0.3, -0.25) is 0 Å². The van der Waals surface area contributed by atoms with Gasteiger partial charge in [-0.25, -0.2) is 4.98 Å². The molecule has 2 aromatic carbocycles. The monoisotopic (exact) mass is 408 g/mol. The number of rotatable bonds is 7. The van der Waals surface area contributed by atoms with Crippen molar-refractivity contribution in [1.82, 2.24) is 19.7 Å². The summed E-state index contributed by atoms with van der Waals surface area (Å²) in [6.07, 6.45) is 0. The first-order valence-corrected chi connectivity index (χ1v) is 10.9. The Hall–Kier alpha value is -2.64. The highest BCUT2D eigenvalue weighted by atomic mass is 32.2. The predicted molar refractivity (Wildman–Crippen MR) is 115 cm³/mol. The summed E-state index contributed by atoms with van der Waals surface area (Å²) < 4.78 is 7.52. The molecule has 2 heterocycles. The van der Waals surface area contributed by atoms with Gasteiger partial charge >= 0.3 is 0 Å². The molecule has 0 spiro atoms. The molecular weight excluding hydrogens is 388 g/mol. The fraction of sp³-hybridized carbons (Fsp3) is 0.190. The summed E-state index contributed by atoms with van der Waals surface area (Å²) in [6.45, 7) is 2.64. The zero-order valence-electron chi connectivity index (χ0n) is 15.7. The van der Waals surface area contributed by atoms with Crippen LogP contribution >= 0.6 is 23.1 Å². The maximum Gasteiger partial charge on any atom is 0.191 e. The van der Waals surface area contributed by atoms with Gasteiger partial charge in [0.1, 0.15) is 10.8 Å². The van der Waals surface area contributed by atoms with Crippen LogP contribution in [0.2, 0.25) is 0 Å². The van der Waals surface area contributed by atoms with Gasteiger partial charge in [0.25, 0.3) is 0 Å². The first-order chi connectivity index (χ1) is 13.7. The number of hydrogen-bond acceptors (Lipinski definition) is 6. The third kappa shape index (κ3) is 4.10. The maximum atomic E-state index is 5.50. The molecule has 4 aromatic rings. The Kier molecular flexibility index (Phi) is 5.73. The Morgan fingerprint density at radius 1 is 1.00 bits per heavy atom. The molecule has 28 heavy (non-hydrogen) atoms. The van der Waals surface area contributed by atoms with Crippen LogP contribution in [0.4, 0.5) is 0 Å². The molecule has 0 atom stereocenters. The minimum absolute atomic E-state index is 0.659. The molecule has 0 aliphatic heterocycles. The van der Waals surface area contributed by atoms with E-state index < -0.39 is 0 Å². The average Bonchev–Trinajstić information content (AvgIpc) is 3.35. The largest absolute Gasteiger partial charge is 0.494 e. The van der Waals surface area contributed by atoms with E-state index in [0.29, 0.717) is 6.61 Å². The fourth-order valence-corrected chi connectivity index (χ4v) is 4.52. The molecule has 0 unspecified atom stereocenters. The van der Waals surface area contributed by atoms with Gasteiger partial charge in [-0.2, -0.15) is 0 Å². The number of ether oxygens (including phenoxy) is 1. The van der Waals surface area contributed by atoms with Crippen molar-refractivity contribution in [3.8, 4) is 27.7 Å². The maximum absolute atomic E-state index is 5.50. The summed E-state index contributed by atoms with van der Waals surface area (Å²) in [5.74, 6) is 2.47. The van der Waals surface area contributed by atoms with Gasteiger partial charge in [0.05, 0.1) is 12.3 Å². The molecule has 5 nitrogen and oxygen atoms in total. The summed E-state index contributed by atoms with van der Waals surface area (Å²) >= 11 is 3.31. The predicted octanol–water partition coefficient (Wildman–Crippen LogP) is 5.30. The number of hydrogen-bond donors (Lipinski definition) is 0. The Morgan fingerprint density at radius 2 is 1.79 bits per heavy atom. The summed E-state index contributed by atoms with van der Waals surface area (Å²) in [6, 6.07) is 18.2. The highest BCUT2D eigenvalue weighted by molar-refractivity contribution is 7.98. The average molecular weight is 409 g/mol. The second-order valence-corrected chi connectivity index (χ2v) is 7.92. The number of thioether (sulfide) groups is 1. The Balaban J connectivity index is 1.44. The minimum Gasteiger partial charge on any atom is -0.494 e. The van der Waals surface area contributed by atoms with Gasteiger partial charge in [-0.1, -0.05) is 42.1 Å². The van der Waals surface area contributed by atoms with Crippen molar-refractivity contribution in [2.45, 2.75) is 17.8 Å². The van der Waals surface area contributed by atoms with E-state index in [1.165, 1.54) is 0 Å². The van der Waals surface area contributed by atoms with Crippen LogP contribution in [-0.4, -0.2) is 26.4 Å². The molecule has 0 radical (unpaired) electrons. The topological polar surface area (TPSA) is 52.8 Å². The highest BCUT2D eigenvalue weighted by Crippen LogP contribution is 2.29. The zero-order chi connectivity index (χ0) is 19.3. The molecule has 4 rings (SSSR count). The number of aromatic nitrogens is 4. The SMILES string of the molecule is CCOc1ccc(-c2nnc(SCc3csc(-c4ccccc4)n3)n2C)cc1. The van der Waals surface area contributed by atoms with E-state index in [9.17, 15) is 0 Å². The summed E-state index contributed by atoms with van der Waals surface area (Å²) in [5, 5.41) is 12.7. The van der Waals surface area contributed by atoms with Gasteiger partial charge in [-0.05, 0) is 31.2 Å². The number of nitrogens with zero attached hydrogens (tertiary/aromatic N) is 4. The normalized spacial score (nSPS) is 10.9. The van der Waals surface area contributed by atoms with E-state index in [-0.39, 0.29) is 0 Å². The smallest absolute Gasteiger partial charge is 0.191 e. The second kappa shape index (κ2) is 8.58. The van der Waals surface area contributed by atoms with Crippen LogP contribution in [0.15, 0.2) is 65.1 Å². The lowest BCUT2D eigenvalue weighted by Gasteiger charge is -2.05. The van der Waals surface area contributed by atoms with Gasteiger partial charge in [0.2, 0.25) is 0 Å². The molecule has 2 aromatic heterocycles. The van der Waals surface area contributed by atoms with Crippen LogP contribution in [-0.2, 0) is 12.8 Å². The van der Waals surface area contributed by atoms with Gasteiger partial charge in [0, 0.05) is 29.3 Å². The van der Waals surface area contributed by atoms with Crippen molar-refractivity contribution >= 4 is 23.1 Å². The quantitative estimate of drug-likeness (QED) is 0.389. The Bertz CT molecular complexity index is 1040. The number of benzene rings is 2. The van der Waals surface area contributed by atoms with Crippen molar-refractivity contribution in [2.24, 2.45) is 7.05 Å². The zero-order valence-corrected chi connectivity index (χ0v) is 17.3. The Morgan fingerprint density at radius 3 is 2.54 bits per heavy atom. The van der Waals surface area contributed by atoms with E-state index in [2.05, 4.69) is 27.7 Å². The molecule has 0 amide bonds. The molecule has 0 fully saturated rings. The molecule has 0 N–H and O–H groups in total. The lowest BCUT2D eigenvalue weighted by atomic mass is 10.2. The van der Waals surface area contributed by atoms with Crippen molar-refractivity contribution < 1.29 is 4.74 Å². The van der Waals surface area contributed by atoms with Crippen LogP contribution in [0.5, 0.6) is 5.75 Å². The molecule has 0 saturated carbocycles. The summed E-state index contributed by atoms with van der Waals surface area (Å²) in [5.41, 5.74) is 3.23.